The van der Waals surface area contributed by atoms with Gasteiger partial charge in [-0.05, 0) is 36.8 Å². The number of rotatable bonds is 3. The average molecular weight is 234 g/mol. The molecule has 0 aromatic heterocycles. The standard InChI is InChI=1S/C15H22O2/c1-2-6-11-9-10-13(16)15(17)14(11)12-7-4-3-5-8-12/h9-10,12,16-17H,2-8H2,1H3. The van der Waals surface area contributed by atoms with E-state index >= 15 is 0 Å². The first-order valence-electron chi connectivity index (χ1n) is 6.77. The van der Waals surface area contributed by atoms with Crippen molar-refractivity contribution < 1.29 is 10.2 Å². The Morgan fingerprint density at radius 3 is 2.47 bits per heavy atom. The van der Waals surface area contributed by atoms with Gasteiger partial charge in [0.15, 0.2) is 11.5 Å². The van der Waals surface area contributed by atoms with Crippen LogP contribution in [-0.2, 0) is 6.42 Å². The molecule has 0 unspecified atom stereocenters. The van der Waals surface area contributed by atoms with E-state index in [1.165, 1.54) is 24.8 Å². The predicted molar refractivity (Wildman–Crippen MR) is 69.6 cm³/mol. The van der Waals surface area contributed by atoms with Crippen molar-refractivity contribution in [3.05, 3.63) is 23.3 Å². The SMILES string of the molecule is CCCc1ccc(O)c(O)c1C1CCCCC1. The Hall–Kier alpha value is -1.18. The van der Waals surface area contributed by atoms with E-state index in [9.17, 15) is 10.2 Å². The second-order valence-electron chi connectivity index (χ2n) is 5.09. The zero-order chi connectivity index (χ0) is 12.3. The maximum Gasteiger partial charge on any atom is 0.161 e. The van der Waals surface area contributed by atoms with Gasteiger partial charge in [0, 0.05) is 5.56 Å². The number of phenols is 2. The van der Waals surface area contributed by atoms with Gasteiger partial charge in [-0.1, -0.05) is 38.7 Å². The minimum Gasteiger partial charge on any atom is -0.504 e. The van der Waals surface area contributed by atoms with Gasteiger partial charge in [0.1, 0.15) is 0 Å². The minimum absolute atomic E-state index is 0.0328. The molecule has 17 heavy (non-hydrogen) atoms. The van der Waals surface area contributed by atoms with Crippen LogP contribution in [0.5, 0.6) is 11.5 Å². The summed E-state index contributed by atoms with van der Waals surface area (Å²) in [5.74, 6) is 0.602. The smallest absolute Gasteiger partial charge is 0.161 e. The van der Waals surface area contributed by atoms with Crippen molar-refractivity contribution in [3.63, 3.8) is 0 Å². The molecule has 1 fully saturated rings. The number of aryl methyl sites for hydroxylation is 1. The van der Waals surface area contributed by atoms with E-state index in [1.807, 2.05) is 6.07 Å². The number of phenolic OH excluding ortho intramolecular Hbond substituents is 2. The van der Waals surface area contributed by atoms with Gasteiger partial charge in [0.05, 0.1) is 0 Å². The van der Waals surface area contributed by atoms with Gasteiger partial charge in [-0.2, -0.15) is 0 Å². The van der Waals surface area contributed by atoms with Crippen LogP contribution in [0, 0.1) is 0 Å². The van der Waals surface area contributed by atoms with Crippen molar-refractivity contribution >= 4 is 0 Å². The van der Waals surface area contributed by atoms with Crippen LogP contribution in [0.1, 0.15) is 62.5 Å². The molecule has 94 valence electrons. The first-order chi connectivity index (χ1) is 8.24. The quantitative estimate of drug-likeness (QED) is 0.773. The molecule has 1 aromatic carbocycles. The van der Waals surface area contributed by atoms with Crippen molar-refractivity contribution in [2.45, 2.75) is 57.8 Å². The third kappa shape index (κ3) is 2.56. The predicted octanol–water partition coefficient (Wildman–Crippen LogP) is 4.10. The van der Waals surface area contributed by atoms with Gasteiger partial charge in [0.2, 0.25) is 0 Å². The summed E-state index contributed by atoms with van der Waals surface area (Å²) >= 11 is 0. The van der Waals surface area contributed by atoms with E-state index < -0.39 is 0 Å². The molecule has 1 aliphatic carbocycles. The highest BCUT2D eigenvalue weighted by atomic mass is 16.3. The van der Waals surface area contributed by atoms with E-state index in [1.54, 1.807) is 6.07 Å². The molecule has 2 rings (SSSR count). The van der Waals surface area contributed by atoms with Crippen LogP contribution in [0.2, 0.25) is 0 Å². The zero-order valence-corrected chi connectivity index (χ0v) is 10.6. The van der Waals surface area contributed by atoms with Crippen LogP contribution in [0.25, 0.3) is 0 Å². The lowest BCUT2D eigenvalue weighted by Crippen LogP contribution is -2.08. The molecule has 0 bridgehead atoms. The van der Waals surface area contributed by atoms with Gasteiger partial charge in [0.25, 0.3) is 0 Å². The fourth-order valence-corrected chi connectivity index (χ4v) is 2.97. The van der Waals surface area contributed by atoms with Crippen molar-refractivity contribution in [2.75, 3.05) is 0 Å². The number of hydrogen-bond donors (Lipinski definition) is 2. The van der Waals surface area contributed by atoms with Crippen LogP contribution in [-0.4, -0.2) is 10.2 Å². The zero-order valence-electron chi connectivity index (χ0n) is 10.6. The minimum atomic E-state index is 0.0328. The summed E-state index contributed by atoms with van der Waals surface area (Å²) in [5, 5.41) is 19.8. The van der Waals surface area contributed by atoms with Gasteiger partial charge in [-0.25, -0.2) is 0 Å². The molecule has 1 aromatic rings. The monoisotopic (exact) mass is 234 g/mol. The van der Waals surface area contributed by atoms with Crippen LogP contribution in [0.3, 0.4) is 0 Å². The van der Waals surface area contributed by atoms with Crippen molar-refractivity contribution in [1.29, 1.82) is 0 Å². The fraction of sp³-hybridized carbons (Fsp3) is 0.600. The van der Waals surface area contributed by atoms with E-state index in [2.05, 4.69) is 6.92 Å². The highest BCUT2D eigenvalue weighted by Crippen LogP contribution is 2.43. The summed E-state index contributed by atoms with van der Waals surface area (Å²) in [5.41, 5.74) is 2.24. The first kappa shape index (κ1) is 12.3. The molecule has 0 radical (unpaired) electrons. The molecular weight excluding hydrogens is 212 g/mol. The maximum absolute atomic E-state index is 10.1. The Bertz CT molecular complexity index is 379. The Morgan fingerprint density at radius 1 is 1.12 bits per heavy atom. The van der Waals surface area contributed by atoms with E-state index in [0.717, 1.165) is 31.2 Å². The number of aromatic hydroxyl groups is 2. The van der Waals surface area contributed by atoms with Gasteiger partial charge in [-0.15, -0.1) is 0 Å². The molecular formula is C15H22O2. The molecule has 0 atom stereocenters. The molecule has 0 saturated heterocycles. The molecule has 0 heterocycles. The Kier molecular flexibility index (Phi) is 3.93. The van der Waals surface area contributed by atoms with Gasteiger partial charge in [-0.3, -0.25) is 0 Å². The van der Waals surface area contributed by atoms with Crippen LogP contribution >= 0.6 is 0 Å². The lowest BCUT2D eigenvalue weighted by Gasteiger charge is -2.25. The topological polar surface area (TPSA) is 40.5 Å². The molecule has 1 saturated carbocycles. The number of benzene rings is 1. The molecule has 2 N–H and O–H groups in total. The molecule has 0 amide bonds. The maximum atomic E-state index is 10.1. The third-order valence-corrected chi connectivity index (χ3v) is 3.82. The Morgan fingerprint density at radius 2 is 1.82 bits per heavy atom. The first-order valence-corrected chi connectivity index (χ1v) is 6.77. The average Bonchev–Trinajstić information content (AvgIpc) is 2.36. The van der Waals surface area contributed by atoms with E-state index in [-0.39, 0.29) is 11.5 Å². The molecule has 2 heteroatoms. The van der Waals surface area contributed by atoms with Crippen molar-refractivity contribution in [1.82, 2.24) is 0 Å². The van der Waals surface area contributed by atoms with Crippen LogP contribution < -0.4 is 0 Å². The van der Waals surface area contributed by atoms with Crippen molar-refractivity contribution in [3.8, 4) is 11.5 Å². The second-order valence-corrected chi connectivity index (χ2v) is 5.09. The highest BCUT2D eigenvalue weighted by Gasteiger charge is 2.23. The normalized spacial score (nSPS) is 17.2. The van der Waals surface area contributed by atoms with Gasteiger partial charge >= 0.3 is 0 Å². The summed E-state index contributed by atoms with van der Waals surface area (Å²) in [6, 6.07) is 3.59. The lowest BCUT2D eigenvalue weighted by atomic mass is 9.80. The molecule has 1 aliphatic rings. The fourth-order valence-electron chi connectivity index (χ4n) is 2.97. The molecule has 2 nitrogen and oxygen atoms in total. The van der Waals surface area contributed by atoms with Gasteiger partial charge < -0.3 is 10.2 Å². The molecule has 0 spiro atoms. The largest absolute Gasteiger partial charge is 0.504 e. The Labute approximate surface area is 103 Å². The summed E-state index contributed by atoms with van der Waals surface area (Å²) < 4.78 is 0. The van der Waals surface area contributed by atoms with E-state index in [4.69, 9.17) is 0 Å². The number of hydrogen-bond acceptors (Lipinski definition) is 2. The van der Waals surface area contributed by atoms with Crippen LogP contribution in [0.15, 0.2) is 12.1 Å². The summed E-state index contributed by atoms with van der Waals surface area (Å²) in [7, 11) is 0. The molecule has 0 aliphatic heterocycles. The summed E-state index contributed by atoms with van der Waals surface area (Å²) in [6.45, 7) is 2.15. The third-order valence-electron chi connectivity index (χ3n) is 3.82. The summed E-state index contributed by atoms with van der Waals surface area (Å²) in [6.07, 6.45) is 8.14. The highest BCUT2D eigenvalue weighted by molar-refractivity contribution is 5.51. The van der Waals surface area contributed by atoms with Crippen LogP contribution in [0.4, 0.5) is 0 Å². The summed E-state index contributed by atoms with van der Waals surface area (Å²) in [4.78, 5) is 0. The second kappa shape index (κ2) is 5.44. The Balaban J connectivity index is 2.36. The van der Waals surface area contributed by atoms with Crippen molar-refractivity contribution in [2.24, 2.45) is 0 Å². The van der Waals surface area contributed by atoms with E-state index in [0.29, 0.717) is 5.92 Å². The lowest BCUT2D eigenvalue weighted by molar-refractivity contribution is 0.379.